The molecule has 7 heteroatoms. The lowest BCUT2D eigenvalue weighted by Crippen LogP contribution is -2.19. The number of nitrogens with zero attached hydrogens (tertiary/aromatic N) is 3. The minimum absolute atomic E-state index is 0.0785. The summed E-state index contributed by atoms with van der Waals surface area (Å²) in [7, 11) is 1.47. The number of carbonyl (C=O) groups excluding carboxylic acids is 1. The summed E-state index contributed by atoms with van der Waals surface area (Å²) in [6, 6.07) is 8.39. The van der Waals surface area contributed by atoms with E-state index in [1.807, 2.05) is 6.07 Å². The lowest BCUT2D eigenvalue weighted by molar-refractivity contribution is 0.0692. The minimum Gasteiger partial charge on any atom is -0.478 e. The molecule has 0 spiro atoms. The Morgan fingerprint density at radius 1 is 1.40 bits per heavy atom. The molecule has 0 aliphatic carbocycles. The van der Waals surface area contributed by atoms with E-state index in [0.29, 0.717) is 11.3 Å². The number of carboxylic acids is 1. The molecule has 20 heavy (non-hydrogen) atoms. The van der Waals surface area contributed by atoms with Crippen LogP contribution < -0.4 is 5.32 Å². The van der Waals surface area contributed by atoms with Gasteiger partial charge in [-0.1, -0.05) is 12.1 Å². The zero-order chi connectivity index (χ0) is 14.7. The lowest BCUT2D eigenvalue weighted by atomic mass is 10.2. The lowest BCUT2D eigenvalue weighted by Gasteiger charge is -2.07. The van der Waals surface area contributed by atoms with Crippen LogP contribution in [0.1, 0.15) is 26.4 Å². The number of aromatic nitrogens is 2. The Bertz CT molecular complexity index is 727. The molecule has 1 aromatic carbocycles. The number of amides is 1. The second kappa shape index (κ2) is 5.24. The van der Waals surface area contributed by atoms with Crippen molar-refractivity contribution in [2.24, 2.45) is 7.05 Å². The average molecular weight is 270 g/mol. The van der Waals surface area contributed by atoms with Gasteiger partial charge >= 0.3 is 5.97 Å². The van der Waals surface area contributed by atoms with Gasteiger partial charge in [0.1, 0.15) is 17.3 Å². The molecule has 0 unspecified atom stereocenters. The van der Waals surface area contributed by atoms with Crippen LogP contribution in [0.3, 0.4) is 0 Å². The first-order chi connectivity index (χ1) is 9.54. The highest BCUT2D eigenvalue weighted by atomic mass is 16.4. The van der Waals surface area contributed by atoms with Gasteiger partial charge in [0.15, 0.2) is 0 Å². The number of hydrogen-bond acceptors (Lipinski definition) is 4. The van der Waals surface area contributed by atoms with Crippen molar-refractivity contribution >= 4 is 17.6 Å². The summed E-state index contributed by atoms with van der Waals surface area (Å²) in [6.45, 7) is 0. The van der Waals surface area contributed by atoms with Crippen LogP contribution in [-0.4, -0.2) is 26.8 Å². The quantitative estimate of drug-likeness (QED) is 0.872. The van der Waals surface area contributed by atoms with E-state index >= 15 is 0 Å². The van der Waals surface area contributed by atoms with Crippen molar-refractivity contribution in [3.05, 3.63) is 47.3 Å². The van der Waals surface area contributed by atoms with Gasteiger partial charge in [0.2, 0.25) is 0 Å². The van der Waals surface area contributed by atoms with Gasteiger partial charge in [0.25, 0.3) is 5.91 Å². The van der Waals surface area contributed by atoms with Gasteiger partial charge in [0.05, 0.1) is 17.4 Å². The number of aryl methyl sites for hydroxylation is 1. The molecule has 0 saturated carbocycles. The van der Waals surface area contributed by atoms with Crippen molar-refractivity contribution in [2.75, 3.05) is 5.32 Å². The van der Waals surface area contributed by atoms with E-state index in [2.05, 4.69) is 10.4 Å². The molecule has 0 bridgehead atoms. The molecule has 7 nitrogen and oxygen atoms in total. The van der Waals surface area contributed by atoms with Crippen LogP contribution in [0, 0.1) is 11.3 Å². The van der Waals surface area contributed by atoms with Crippen LogP contribution in [0.25, 0.3) is 0 Å². The summed E-state index contributed by atoms with van der Waals surface area (Å²) in [6.07, 6.45) is 1.10. The van der Waals surface area contributed by atoms with E-state index in [9.17, 15) is 9.59 Å². The second-order valence-electron chi connectivity index (χ2n) is 3.95. The van der Waals surface area contributed by atoms with Gasteiger partial charge in [-0.15, -0.1) is 0 Å². The van der Waals surface area contributed by atoms with Crippen LogP contribution in [0.5, 0.6) is 0 Å². The van der Waals surface area contributed by atoms with Crippen LogP contribution in [0.15, 0.2) is 30.5 Å². The van der Waals surface area contributed by atoms with Gasteiger partial charge < -0.3 is 10.4 Å². The normalized spacial score (nSPS) is 9.80. The summed E-state index contributed by atoms with van der Waals surface area (Å²) in [5, 5.41) is 24.2. The maximum Gasteiger partial charge on any atom is 0.339 e. The maximum atomic E-state index is 12.1. The summed E-state index contributed by atoms with van der Waals surface area (Å²) in [4.78, 5) is 23.2. The molecule has 0 aliphatic rings. The van der Waals surface area contributed by atoms with Crippen molar-refractivity contribution in [1.82, 2.24) is 9.78 Å². The monoisotopic (exact) mass is 270 g/mol. The Kier molecular flexibility index (Phi) is 3.48. The van der Waals surface area contributed by atoms with Crippen LogP contribution in [0.4, 0.5) is 5.69 Å². The maximum absolute atomic E-state index is 12.1. The number of rotatable bonds is 3. The predicted molar refractivity (Wildman–Crippen MR) is 69.3 cm³/mol. The third-order valence-corrected chi connectivity index (χ3v) is 2.68. The Morgan fingerprint density at radius 3 is 2.75 bits per heavy atom. The fourth-order valence-electron chi connectivity index (χ4n) is 1.73. The van der Waals surface area contributed by atoms with E-state index in [0.717, 1.165) is 6.20 Å². The first-order valence-electron chi connectivity index (χ1n) is 5.60. The SMILES string of the molecule is Cn1ncc(C(=O)O)c1C(=O)Nc1ccccc1C#N. The number of anilines is 1. The van der Waals surface area contributed by atoms with Gasteiger partial charge in [0, 0.05) is 7.05 Å². The molecule has 2 aromatic rings. The first kappa shape index (κ1) is 13.3. The molecule has 1 aromatic heterocycles. The second-order valence-corrected chi connectivity index (χ2v) is 3.95. The molecule has 1 amide bonds. The fourth-order valence-corrected chi connectivity index (χ4v) is 1.73. The Hall–Kier alpha value is -3.14. The molecule has 1 heterocycles. The number of hydrogen-bond donors (Lipinski definition) is 2. The molecule has 2 rings (SSSR count). The summed E-state index contributed by atoms with van der Waals surface area (Å²) < 4.78 is 1.17. The number of carboxylic acid groups (broad SMARTS) is 1. The van der Waals surface area contributed by atoms with Crippen molar-refractivity contribution in [3.8, 4) is 6.07 Å². The topological polar surface area (TPSA) is 108 Å². The van der Waals surface area contributed by atoms with E-state index < -0.39 is 11.9 Å². The summed E-state index contributed by atoms with van der Waals surface area (Å²) in [5.74, 6) is -1.87. The molecular formula is C13H10N4O3. The molecule has 0 saturated heterocycles. The van der Waals surface area contributed by atoms with Gasteiger partial charge in [-0.3, -0.25) is 9.48 Å². The Balaban J connectivity index is 2.37. The third kappa shape index (κ3) is 2.35. The number of para-hydroxylation sites is 1. The van der Waals surface area contributed by atoms with E-state index in [4.69, 9.17) is 10.4 Å². The molecule has 100 valence electrons. The largest absolute Gasteiger partial charge is 0.478 e. The number of benzene rings is 1. The highest BCUT2D eigenvalue weighted by Gasteiger charge is 2.22. The van der Waals surface area contributed by atoms with Gasteiger partial charge in [-0.2, -0.15) is 10.4 Å². The average Bonchev–Trinajstić information content (AvgIpc) is 2.81. The molecule has 0 atom stereocenters. The molecule has 2 N–H and O–H groups in total. The van der Waals surface area contributed by atoms with Crippen molar-refractivity contribution in [1.29, 1.82) is 5.26 Å². The predicted octanol–water partition coefficient (Wildman–Crippen LogP) is 1.24. The first-order valence-corrected chi connectivity index (χ1v) is 5.60. The van der Waals surface area contributed by atoms with Crippen molar-refractivity contribution in [2.45, 2.75) is 0 Å². The molecule has 0 aliphatic heterocycles. The third-order valence-electron chi connectivity index (χ3n) is 2.68. The Labute approximate surface area is 114 Å². The van der Waals surface area contributed by atoms with Gasteiger partial charge in [-0.05, 0) is 12.1 Å². The van der Waals surface area contributed by atoms with Crippen LogP contribution >= 0.6 is 0 Å². The highest BCUT2D eigenvalue weighted by Crippen LogP contribution is 2.16. The Morgan fingerprint density at radius 2 is 2.10 bits per heavy atom. The summed E-state index contributed by atoms with van der Waals surface area (Å²) >= 11 is 0. The standard InChI is InChI=1S/C13H10N4O3/c1-17-11(9(7-15-17)13(19)20)12(18)16-10-5-3-2-4-8(10)6-14/h2-5,7H,1H3,(H,16,18)(H,19,20). The highest BCUT2D eigenvalue weighted by molar-refractivity contribution is 6.09. The minimum atomic E-state index is -1.24. The number of aromatic carboxylic acids is 1. The summed E-state index contributed by atoms with van der Waals surface area (Å²) in [5.41, 5.74) is 0.335. The number of carbonyl (C=O) groups is 2. The van der Waals surface area contributed by atoms with E-state index in [1.165, 1.54) is 11.7 Å². The van der Waals surface area contributed by atoms with Gasteiger partial charge in [-0.25, -0.2) is 4.79 Å². The smallest absolute Gasteiger partial charge is 0.339 e. The van der Waals surface area contributed by atoms with Crippen molar-refractivity contribution < 1.29 is 14.7 Å². The molecular weight excluding hydrogens is 260 g/mol. The zero-order valence-electron chi connectivity index (χ0n) is 10.5. The molecule has 0 fully saturated rings. The molecule has 0 radical (unpaired) electrons. The van der Waals surface area contributed by atoms with E-state index in [1.54, 1.807) is 24.3 Å². The zero-order valence-corrected chi connectivity index (χ0v) is 10.5. The van der Waals surface area contributed by atoms with Crippen molar-refractivity contribution in [3.63, 3.8) is 0 Å². The number of nitriles is 1. The number of nitrogens with one attached hydrogen (secondary N) is 1. The van der Waals surface area contributed by atoms with Crippen LogP contribution in [-0.2, 0) is 7.05 Å². The van der Waals surface area contributed by atoms with E-state index in [-0.39, 0.29) is 11.3 Å². The van der Waals surface area contributed by atoms with Crippen LogP contribution in [0.2, 0.25) is 0 Å². The fraction of sp³-hybridized carbons (Fsp3) is 0.0769.